The van der Waals surface area contributed by atoms with E-state index in [1.54, 1.807) is 11.6 Å². The van der Waals surface area contributed by atoms with Gasteiger partial charge in [0.15, 0.2) is 0 Å². The Hall–Kier alpha value is -1.52. The number of nitrogens with one attached hydrogen (secondary N) is 1. The molecular formula is C19H26ClN3O. The van der Waals surface area contributed by atoms with Crippen LogP contribution in [0.1, 0.15) is 32.1 Å². The fourth-order valence-corrected chi connectivity index (χ4v) is 3.55. The van der Waals surface area contributed by atoms with Crippen LogP contribution in [0.5, 0.6) is 0 Å². The Bertz CT molecular complexity index is 594. The van der Waals surface area contributed by atoms with Gasteiger partial charge < -0.3 is 10.2 Å². The van der Waals surface area contributed by atoms with Crippen molar-refractivity contribution in [2.24, 2.45) is 0 Å². The summed E-state index contributed by atoms with van der Waals surface area (Å²) in [5, 5.41) is 3.48. The Balaban J connectivity index is 1.42. The summed E-state index contributed by atoms with van der Waals surface area (Å²) in [6.07, 6.45) is 8.85. The van der Waals surface area contributed by atoms with Crippen LogP contribution in [0, 0.1) is 0 Å². The predicted molar refractivity (Wildman–Crippen MR) is 99.7 cm³/mol. The molecule has 0 spiro atoms. The number of amides is 2. The van der Waals surface area contributed by atoms with E-state index in [-0.39, 0.29) is 6.03 Å². The number of urea groups is 1. The van der Waals surface area contributed by atoms with Gasteiger partial charge in [0, 0.05) is 32.7 Å². The highest BCUT2D eigenvalue weighted by atomic mass is 35.5. The van der Waals surface area contributed by atoms with E-state index in [9.17, 15) is 4.79 Å². The highest BCUT2D eigenvalue weighted by Gasteiger charge is 2.21. The fourth-order valence-electron chi connectivity index (χ4n) is 3.36. The molecule has 1 aliphatic heterocycles. The number of halogens is 1. The van der Waals surface area contributed by atoms with Crippen LogP contribution in [-0.2, 0) is 0 Å². The third kappa shape index (κ3) is 4.74. The topological polar surface area (TPSA) is 35.6 Å². The standard InChI is InChI=1S/C19H26ClN3O/c20-17-8-4-5-9-18(17)21-19(24)23-14-12-22(13-15-23)11-10-16-6-2-1-3-7-16/h4-6,8-9H,1-3,7,10-15H2,(H,21,24). The minimum absolute atomic E-state index is 0.0576. The van der Waals surface area contributed by atoms with E-state index in [0.29, 0.717) is 10.7 Å². The number of carbonyl (C=O) groups excluding carboxylic acids is 1. The van der Waals surface area contributed by atoms with Crippen molar-refractivity contribution in [2.75, 3.05) is 38.0 Å². The van der Waals surface area contributed by atoms with Gasteiger partial charge in [-0.15, -0.1) is 0 Å². The Kier molecular flexibility index (Phi) is 6.16. The summed E-state index contributed by atoms with van der Waals surface area (Å²) in [7, 11) is 0. The number of anilines is 1. The summed E-state index contributed by atoms with van der Waals surface area (Å²) in [5.41, 5.74) is 2.30. The van der Waals surface area contributed by atoms with Crippen molar-refractivity contribution in [3.8, 4) is 0 Å². The van der Waals surface area contributed by atoms with Crippen molar-refractivity contribution in [2.45, 2.75) is 32.1 Å². The molecule has 0 radical (unpaired) electrons. The second-order valence-electron chi connectivity index (χ2n) is 6.60. The van der Waals surface area contributed by atoms with Gasteiger partial charge >= 0.3 is 6.03 Å². The zero-order valence-electron chi connectivity index (χ0n) is 14.1. The predicted octanol–water partition coefficient (Wildman–Crippen LogP) is 4.38. The van der Waals surface area contributed by atoms with Crippen LogP contribution in [-0.4, -0.2) is 48.6 Å². The van der Waals surface area contributed by atoms with Crippen LogP contribution >= 0.6 is 11.6 Å². The van der Waals surface area contributed by atoms with Crippen LogP contribution in [0.3, 0.4) is 0 Å². The van der Waals surface area contributed by atoms with Gasteiger partial charge in [-0.3, -0.25) is 4.90 Å². The molecule has 1 heterocycles. The highest BCUT2D eigenvalue weighted by molar-refractivity contribution is 6.33. The minimum Gasteiger partial charge on any atom is -0.322 e. The van der Waals surface area contributed by atoms with Gasteiger partial charge in [0.1, 0.15) is 0 Å². The van der Waals surface area contributed by atoms with E-state index in [2.05, 4.69) is 16.3 Å². The molecule has 3 rings (SSSR count). The summed E-state index contributed by atoms with van der Waals surface area (Å²) in [6.45, 7) is 4.56. The van der Waals surface area contributed by atoms with Crippen LogP contribution in [0.2, 0.25) is 5.02 Å². The van der Waals surface area contributed by atoms with Crippen LogP contribution < -0.4 is 5.32 Å². The van der Waals surface area contributed by atoms with Crippen LogP contribution in [0.25, 0.3) is 0 Å². The molecule has 0 bridgehead atoms. The van der Waals surface area contributed by atoms with E-state index >= 15 is 0 Å². The first-order valence-corrected chi connectivity index (χ1v) is 9.31. The summed E-state index contributed by atoms with van der Waals surface area (Å²) in [5.74, 6) is 0. The Morgan fingerprint density at radius 2 is 1.92 bits per heavy atom. The van der Waals surface area contributed by atoms with E-state index in [4.69, 9.17) is 11.6 Å². The first-order chi connectivity index (χ1) is 11.7. The molecular weight excluding hydrogens is 322 g/mol. The van der Waals surface area contributed by atoms with Crippen LogP contribution in [0.15, 0.2) is 35.9 Å². The number of para-hydroxylation sites is 1. The van der Waals surface area contributed by atoms with Crippen molar-refractivity contribution < 1.29 is 4.79 Å². The maximum atomic E-state index is 12.4. The fraction of sp³-hybridized carbons (Fsp3) is 0.526. The molecule has 0 unspecified atom stereocenters. The second-order valence-corrected chi connectivity index (χ2v) is 7.00. The normalized spacial score (nSPS) is 19.0. The molecule has 1 aromatic carbocycles. The number of benzene rings is 1. The first kappa shape index (κ1) is 17.3. The summed E-state index contributed by atoms with van der Waals surface area (Å²) < 4.78 is 0. The molecule has 130 valence electrons. The lowest BCUT2D eigenvalue weighted by Crippen LogP contribution is -2.50. The SMILES string of the molecule is O=C(Nc1ccccc1Cl)N1CCN(CCC2=CCCCC2)CC1. The van der Waals surface area contributed by atoms with E-state index in [1.165, 1.54) is 32.1 Å². The van der Waals surface area contributed by atoms with E-state index in [1.807, 2.05) is 23.1 Å². The summed E-state index contributed by atoms with van der Waals surface area (Å²) in [4.78, 5) is 16.7. The van der Waals surface area contributed by atoms with Gasteiger partial charge in [-0.1, -0.05) is 35.4 Å². The zero-order valence-corrected chi connectivity index (χ0v) is 14.9. The van der Waals surface area contributed by atoms with Crippen molar-refractivity contribution in [1.82, 2.24) is 9.80 Å². The Morgan fingerprint density at radius 1 is 1.12 bits per heavy atom. The number of hydrogen-bond donors (Lipinski definition) is 1. The average Bonchev–Trinajstić information content (AvgIpc) is 2.63. The molecule has 0 atom stereocenters. The number of allylic oxidation sites excluding steroid dienone is 1. The third-order valence-corrected chi connectivity index (χ3v) is 5.24. The maximum absolute atomic E-state index is 12.4. The van der Waals surface area contributed by atoms with E-state index < -0.39 is 0 Å². The number of hydrogen-bond acceptors (Lipinski definition) is 2. The molecule has 1 fully saturated rings. The Morgan fingerprint density at radius 3 is 2.62 bits per heavy atom. The minimum atomic E-state index is -0.0576. The highest BCUT2D eigenvalue weighted by Crippen LogP contribution is 2.22. The molecule has 1 saturated heterocycles. The maximum Gasteiger partial charge on any atom is 0.321 e. The lowest BCUT2D eigenvalue weighted by Gasteiger charge is -2.35. The van der Waals surface area contributed by atoms with Crippen molar-refractivity contribution in [3.05, 3.63) is 40.9 Å². The summed E-state index contributed by atoms with van der Waals surface area (Å²) in [6, 6.07) is 7.29. The molecule has 1 N–H and O–H groups in total. The van der Waals surface area contributed by atoms with Crippen LogP contribution in [0.4, 0.5) is 10.5 Å². The van der Waals surface area contributed by atoms with Gasteiger partial charge in [0.25, 0.3) is 0 Å². The molecule has 0 aromatic heterocycles. The molecule has 1 aliphatic carbocycles. The smallest absolute Gasteiger partial charge is 0.321 e. The molecule has 1 aromatic rings. The second kappa shape index (κ2) is 8.54. The van der Waals surface area contributed by atoms with Crippen molar-refractivity contribution >= 4 is 23.3 Å². The van der Waals surface area contributed by atoms with E-state index in [0.717, 1.165) is 32.7 Å². The van der Waals surface area contributed by atoms with Gasteiger partial charge in [0.05, 0.1) is 10.7 Å². The molecule has 5 heteroatoms. The zero-order chi connectivity index (χ0) is 16.8. The molecule has 2 amide bonds. The monoisotopic (exact) mass is 347 g/mol. The lowest BCUT2D eigenvalue weighted by molar-refractivity contribution is 0.148. The molecule has 0 saturated carbocycles. The molecule has 2 aliphatic rings. The molecule has 24 heavy (non-hydrogen) atoms. The van der Waals surface area contributed by atoms with Crippen molar-refractivity contribution in [1.29, 1.82) is 0 Å². The average molecular weight is 348 g/mol. The van der Waals surface area contributed by atoms with Gasteiger partial charge in [-0.2, -0.15) is 0 Å². The molecule has 4 nitrogen and oxygen atoms in total. The number of nitrogens with zero attached hydrogens (tertiary/aromatic N) is 2. The largest absolute Gasteiger partial charge is 0.322 e. The third-order valence-electron chi connectivity index (χ3n) is 4.91. The van der Waals surface area contributed by atoms with Crippen molar-refractivity contribution in [3.63, 3.8) is 0 Å². The quantitative estimate of drug-likeness (QED) is 0.820. The van der Waals surface area contributed by atoms with Gasteiger partial charge in [0.2, 0.25) is 0 Å². The number of rotatable bonds is 4. The Labute approximate surface area is 149 Å². The number of carbonyl (C=O) groups is 1. The van der Waals surface area contributed by atoms with Gasteiger partial charge in [-0.25, -0.2) is 4.79 Å². The van der Waals surface area contributed by atoms with Gasteiger partial charge in [-0.05, 0) is 44.2 Å². The number of piperazine rings is 1. The first-order valence-electron chi connectivity index (χ1n) is 8.93. The lowest BCUT2D eigenvalue weighted by atomic mass is 9.97. The summed E-state index contributed by atoms with van der Waals surface area (Å²) >= 11 is 6.10.